The highest BCUT2D eigenvalue weighted by molar-refractivity contribution is 7.91. The first-order valence-corrected chi connectivity index (χ1v) is 12.9. The Balaban J connectivity index is 1.32. The summed E-state index contributed by atoms with van der Waals surface area (Å²) >= 11 is 1.24. The molecule has 4 rings (SSSR count). The average Bonchev–Trinajstić information content (AvgIpc) is 3.39. The van der Waals surface area contributed by atoms with Gasteiger partial charge in [-0.2, -0.15) is 4.31 Å². The molecule has 3 heterocycles. The molecule has 0 radical (unpaired) electrons. The third-order valence-corrected chi connectivity index (χ3v) is 9.26. The van der Waals surface area contributed by atoms with Gasteiger partial charge in [-0.15, -0.1) is 11.3 Å². The van der Waals surface area contributed by atoms with Gasteiger partial charge in [-0.05, 0) is 37.0 Å². The SMILES string of the molecule is O=C(Cc1ccc(S(=O)(=O)N2CCCC2)s1)N1CCCN(Cc2ccccc2)CC1. The molecule has 2 aliphatic rings. The number of thiophene rings is 1. The predicted octanol–water partition coefficient (Wildman–Crippen LogP) is 2.81. The van der Waals surface area contributed by atoms with E-state index in [-0.39, 0.29) is 12.3 Å². The summed E-state index contributed by atoms with van der Waals surface area (Å²) in [6.45, 7) is 5.43. The van der Waals surface area contributed by atoms with Gasteiger partial charge in [-0.1, -0.05) is 30.3 Å². The fraction of sp³-hybridized carbons (Fsp3) is 0.500. The third kappa shape index (κ3) is 5.11. The van der Waals surface area contributed by atoms with Crippen LogP contribution in [-0.2, 0) is 27.8 Å². The van der Waals surface area contributed by atoms with Crippen LogP contribution in [0.1, 0.15) is 29.7 Å². The average molecular weight is 448 g/mol. The number of carbonyl (C=O) groups is 1. The number of carbonyl (C=O) groups excluding carboxylic acids is 1. The summed E-state index contributed by atoms with van der Waals surface area (Å²) in [6.07, 6.45) is 3.08. The molecule has 0 N–H and O–H groups in total. The molecule has 0 bridgehead atoms. The third-order valence-electron chi connectivity index (χ3n) is 5.81. The Morgan fingerprint density at radius 2 is 1.63 bits per heavy atom. The van der Waals surface area contributed by atoms with Crippen LogP contribution in [0.2, 0.25) is 0 Å². The Kier molecular flexibility index (Phi) is 6.87. The monoisotopic (exact) mass is 447 g/mol. The van der Waals surface area contributed by atoms with Gasteiger partial charge in [0.2, 0.25) is 5.91 Å². The first-order chi connectivity index (χ1) is 14.5. The molecule has 162 valence electrons. The highest BCUT2D eigenvalue weighted by Crippen LogP contribution is 2.28. The Labute approximate surface area is 183 Å². The molecule has 1 aromatic carbocycles. The van der Waals surface area contributed by atoms with Crippen LogP contribution in [0.15, 0.2) is 46.7 Å². The molecule has 1 amide bonds. The molecule has 0 spiro atoms. The van der Waals surface area contributed by atoms with Crippen molar-refractivity contribution in [2.45, 2.75) is 36.4 Å². The fourth-order valence-electron chi connectivity index (χ4n) is 4.13. The lowest BCUT2D eigenvalue weighted by atomic mass is 10.2. The van der Waals surface area contributed by atoms with Crippen molar-refractivity contribution in [3.63, 3.8) is 0 Å². The lowest BCUT2D eigenvalue weighted by Gasteiger charge is -2.22. The molecule has 0 aliphatic carbocycles. The van der Waals surface area contributed by atoms with E-state index in [1.165, 1.54) is 16.9 Å². The zero-order valence-corrected chi connectivity index (χ0v) is 18.8. The first kappa shape index (κ1) is 21.5. The summed E-state index contributed by atoms with van der Waals surface area (Å²) < 4.78 is 27.3. The van der Waals surface area contributed by atoms with Crippen LogP contribution in [-0.4, -0.2) is 67.7 Å². The van der Waals surface area contributed by atoms with Crippen molar-refractivity contribution in [3.05, 3.63) is 52.9 Å². The maximum atomic E-state index is 12.9. The van der Waals surface area contributed by atoms with Crippen LogP contribution in [0.5, 0.6) is 0 Å². The maximum Gasteiger partial charge on any atom is 0.252 e. The smallest absolute Gasteiger partial charge is 0.252 e. The van der Waals surface area contributed by atoms with E-state index in [9.17, 15) is 13.2 Å². The van der Waals surface area contributed by atoms with Crippen LogP contribution in [0.3, 0.4) is 0 Å². The van der Waals surface area contributed by atoms with Crippen molar-refractivity contribution in [2.24, 2.45) is 0 Å². The normalized spacial score (nSPS) is 19.1. The van der Waals surface area contributed by atoms with Gasteiger partial charge in [0.1, 0.15) is 4.21 Å². The molecule has 0 unspecified atom stereocenters. The van der Waals surface area contributed by atoms with E-state index in [1.807, 2.05) is 11.0 Å². The molecule has 6 nitrogen and oxygen atoms in total. The van der Waals surface area contributed by atoms with Crippen LogP contribution in [0, 0.1) is 0 Å². The summed E-state index contributed by atoms with van der Waals surface area (Å²) in [4.78, 5) is 18.0. The Bertz CT molecular complexity index is 953. The molecule has 0 atom stereocenters. The second-order valence-corrected chi connectivity index (χ2v) is 11.3. The van der Waals surface area contributed by atoms with Gasteiger partial charge in [0.25, 0.3) is 10.0 Å². The summed E-state index contributed by atoms with van der Waals surface area (Å²) in [5.74, 6) is 0.0866. The Morgan fingerprint density at radius 3 is 2.40 bits per heavy atom. The molecular formula is C22H29N3O3S2. The first-order valence-electron chi connectivity index (χ1n) is 10.7. The Morgan fingerprint density at radius 1 is 0.867 bits per heavy atom. The van der Waals surface area contributed by atoms with Gasteiger partial charge in [0.05, 0.1) is 6.42 Å². The van der Waals surface area contributed by atoms with E-state index in [1.54, 1.807) is 16.4 Å². The topological polar surface area (TPSA) is 60.9 Å². The maximum absolute atomic E-state index is 12.9. The van der Waals surface area contributed by atoms with E-state index in [2.05, 4.69) is 29.2 Å². The van der Waals surface area contributed by atoms with Gasteiger partial charge < -0.3 is 4.90 Å². The van der Waals surface area contributed by atoms with E-state index >= 15 is 0 Å². The van der Waals surface area contributed by atoms with Gasteiger partial charge in [0, 0.05) is 50.7 Å². The number of rotatable bonds is 6. The van der Waals surface area contributed by atoms with E-state index in [4.69, 9.17) is 0 Å². The largest absolute Gasteiger partial charge is 0.341 e. The van der Waals surface area contributed by atoms with E-state index < -0.39 is 10.0 Å². The minimum Gasteiger partial charge on any atom is -0.341 e. The minimum absolute atomic E-state index is 0.0866. The molecule has 0 saturated carbocycles. The summed E-state index contributed by atoms with van der Waals surface area (Å²) in [5, 5.41) is 0. The molecule has 2 fully saturated rings. The zero-order chi connectivity index (χ0) is 21.0. The molecule has 2 saturated heterocycles. The number of nitrogens with zero attached hydrogens (tertiary/aromatic N) is 3. The molecule has 2 aromatic rings. The van der Waals surface area contributed by atoms with Gasteiger partial charge >= 0.3 is 0 Å². The summed E-state index contributed by atoms with van der Waals surface area (Å²) in [6, 6.07) is 13.9. The number of amides is 1. The minimum atomic E-state index is -3.40. The summed E-state index contributed by atoms with van der Waals surface area (Å²) in [5.41, 5.74) is 1.29. The van der Waals surface area contributed by atoms with Gasteiger partial charge in [-0.25, -0.2) is 8.42 Å². The number of hydrogen-bond donors (Lipinski definition) is 0. The van der Waals surface area contributed by atoms with Gasteiger partial charge in [-0.3, -0.25) is 9.69 Å². The Hall–Kier alpha value is -1.74. The molecule has 1 aromatic heterocycles. The lowest BCUT2D eigenvalue weighted by molar-refractivity contribution is -0.130. The van der Waals surface area contributed by atoms with Crippen LogP contribution < -0.4 is 0 Å². The number of benzene rings is 1. The van der Waals surface area contributed by atoms with E-state index in [0.29, 0.717) is 17.3 Å². The molecule has 2 aliphatic heterocycles. The van der Waals surface area contributed by atoms with E-state index in [0.717, 1.165) is 56.9 Å². The van der Waals surface area contributed by atoms with Crippen molar-refractivity contribution in [1.82, 2.24) is 14.1 Å². The van der Waals surface area contributed by atoms with Crippen molar-refractivity contribution in [2.75, 3.05) is 39.3 Å². The van der Waals surface area contributed by atoms with Crippen molar-refractivity contribution in [1.29, 1.82) is 0 Å². The van der Waals surface area contributed by atoms with Crippen LogP contribution >= 0.6 is 11.3 Å². The molecule has 8 heteroatoms. The van der Waals surface area contributed by atoms with Crippen LogP contribution in [0.4, 0.5) is 0 Å². The highest BCUT2D eigenvalue weighted by atomic mass is 32.2. The molecule has 30 heavy (non-hydrogen) atoms. The highest BCUT2D eigenvalue weighted by Gasteiger charge is 2.29. The van der Waals surface area contributed by atoms with Crippen molar-refractivity contribution < 1.29 is 13.2 Å². The fourth-order valence-corrected chi connectivity index (χ4v) is 7.15. The predicted molar refractivity (Wildman–Crippen MR) is 119 cm³/mol. The number of hydrogen-bond acceptors (Lipinski definition) is 5. The molecular weight excluding hydrogens is 418 g/mol. The van der Waals surface area contributed by atoms with Crippen molar-refractivity contribution in [3.8, 4) is 0 Å². The second kappa shape index (κ2) is 9.60. The summed E-state index contributed by atoms with van der Waals surface area (Å²) in [7, 11) is -3.40. The van der Waals surface area contributed by atoms with Crippen molar-refractivity contribution >= 4 is 27.3 Å². The second-order valence-electron chi connectivity index (χ2n) is 8.00. The number of sulfonamides is 1. The van der Waals surface area contributed by atoms with Crippen LogP contribution in [0.25, 0.3) is 0 Å². The lowest BCUT2D eigenvalue weighted by Crippen LogP contribution is -2.35. The van der Waals surface area contributed by atoms with Gasteiger partial charge in [0.15, 0.2) is 0 Å². The standard InChI is InChI=1S/C22H29N3O3S2/c26-21(17-20-9-10-22(29-20)30(27,28)25-13-4-5-14-25)24-12-6-11-23(15-16-24)18-19-7-2-1-3-8-19/h1-3,7-10H,4-6,11-18H2. The quantitative estimate of drug-likeness (QED) is 0.683. The zero-order valence-electron chi connectivity index (χ0n) is 17.2.